The molecule has 0 unspecified atom stereocenters. The summed E-state index contributed by atoms with van der Waals surface area (Å²) in [5.41, 5.74) is 4.32. The van der Waals surface area contributed by atoms with E-state index in [2.05, 4.69) is 41.2 Å². The predicted molar refractivity (Wildman–Crippen MR) is 89.5 cm³/mol. The lowest BCUT2D eigenvalue weighted by Crippen LogP contribution is -1.93. The van der Waals surface area contributed by atoms with Crippen molar-refractivity contribution < 1.29 is 9.84 Å². The highest BCUT2D eigenvalue weighted by molar-refractivity contribution is 5.61. The van der Waals surface area contributed by atoms with Crippen molar-refractivity contribution in [2.24, 2.45) is 0 Å². The number of benzene rings is 2. The van der Waals surface area contributed by atoms with Crippen LogP contribution in [0.15, 0.2) is 60.9 Å². The molecule has 116 valence electrons. The van der Waals surface area contributed by atoms with Gasteiger partial charge in [-0.25, -0.2) is 9.97 Å². The highest BCUT2D eigenvalue weighted by Gasteiger charge is 2.03. The first-order chi connectivity index (χ1) is 11.2. The van der Waals surface area contributed by atoms with Crippen LogP contribution < -0.4 is 4.74 Å². The molecule has 3 rings (SSSR count). The summed E-state index contributed by atoms with van der Waals surface area (Å²) < 4.78 is 5.64. The van der Waals surface area contributed by atoms with E-state index in [1.54, 1.807) is 12.4 Å². The lowest BCUT2D eigenvalue weighted by molar-refractivity contribution is 0.299. The Morgan fingerprint density at radius 2 is 1.52 bits per heavy atom. The number of aromatic nitrogens is 2. The van der Waals surface area contributed by atoms with Crippen LogP contribution in [0.4, 0.5) is 0 Å². The molecule has 0 spiro atoms. The Hall–Kier alpha value is -2.72. The van der Waals surface area contributed by atoms with E-state index >= 15 is 0 Å². The lowest BCUT2D eigenvalue weighted by atomic mass is 10.1. The quantitative estimate of drug-likeness (QED) is 0.779. The third kappa shape index (κ3) is 3.93. The van der Waals surface area contributed by atoms with Gasteiger partial charge in [-0.3, -0.25) is 0 Å². The molecule has 0 aliphatic heterocycles. The van der Waals surface area contributed by atoms with Gasteiger partial charge >= 0.3 is 6.01 Å². The average molecular weight is 306 g/mol. The molecular formula is C19H18N2O2. The second kappa shape index (κ2) is 7.03. The van der Waals surface area contributed by atoms with Gasteiger partial charge < -0.3 is 9.84 Å². The van der Waals surface area contributed by atoms with Crippen LogP contribution >= 0.6 is 0 Å². The first kappa shape index (κ1) is 15.2. The molecular weight excluding hydrogens is 288 g/mol. The Morgan fingerprint density at radius 1 is 0.870 bits per heavy atom. The van der Waals surface area contributed by atoms with E-state index < -0.39 is 0 Å². The molecule has 0 saturated carbocycles. The van der Waals surface area contributed by atoms with Crippen molar-refractivity contribution in [1.29, 1.82) is 0 Å². The molecule has 2 aromatic carbocycles. The van der Waals surface area contributed by atoms with Gasteiger partial charge in [-0.15, -0.1) is 0 Å². The number of ether oxygens (including phenoxy) is 1. The SMILES string of the molecule is Cc1ccc(-c2cnc(Oc3ccc(CCO)cc3)nc2)cc1. The Kier molecular flexibility index (Phi) is 4.64. The molecule has 4 heteroatoms. The van der Waals surface area contributed by atoms with Gasteiger partial charge in [0.15, 0.2) is 0 Å². The zero-order valence-electron chi connectivity index (χ0n) is 12.9. The van der Waals surface area contributed by atoms with Crippen molar-refractivity contribution in [3.05, 3.63) is 72.1 Å². The maximum Gasteiger partial charge on any atom is 0.321 e. The van der Waals surface area contributed by atoms with Gasteiger partial charge in [-0.05, 0) is 36.6 Å². The van der Waals surface area contributed by atoms with Crippen molar-refractivity contribution in [3.8, 4) is 22.9 Å². The summed E-state index contributed by atoms with van der Waals surface area (Å²) in [4.78, 5) is 8.52. The Labute approximate surface area is 135 Å². The smallest absolute Gasteiger partial charge is 0.321 e. The average Bonchev–Trinajstić information content (AvgIpc) is 2.58. The monoisotopic (exact) mass is 306 g/mol. The van der Waals surface area contributed by atoms with Crippen LogP contribution in [0.25, 0.3) is 11.1 Å². The van der Waals surface area contributed by atoms with Crippen LogP contribution in [-0.4, -0.2) is 21.7 Å². The predicted octanol–water partition coefficient (Wildman–Crippen LogP) is 3.78. The number of aryl methyl sites for hydroxylation is 1. The van der Waals surface area contributed by atoms with E-state index in [9.17, 15) is 0 Å². The van der Waals surface area contributed by atoms with Gasteiger partial charge in [0.1, 0.15) is 5.75 Å². The number of hydrogen-bond donors (Lipinski definition) is 1. The van der Waals surface area contributed by atoms with E-state index in [-0.39, 0.29) is 6.61 Å². The minimum absolute atomic E-state index is 0.143. The molecule has 0 radical (unpaired) electrons. The minimum atomic E-state index is 0.143. The molecule has 0 atom stereocenters. The largest absolute Gasteiger partial charge is 0.424 e. The molecule has 0 amide bonds. The molecule has 0 saturated heterocycles. The molecule has 0 bridgehead atoms. The lowest BCUT2D eigenvalue weighted by Gasteiger charge is -2.06. The van der Waals surface area contributed by atoms with Gasteiger partial charge in [0.2, 0.25) is 0 Å². The third-order valence-corrected chi connectivity index (χ3v) is 3.55. The summed E-state index contributed by atoms with van der Waals surface area (Å²) >= 11 is 0. The summed E-state index contributed by atoms with van der Waals surface area (Å²) in [6.07, 6.45) is 4.16. The second-order valence-corrected chi connectivity index (χ2v) is 5.34. The summed E-state index contributed by atoms with van der Waals surface area (Å²) in [7, 11) is 0. The molecule has 0 aliphatic rings. The van der Waals surface area contributed by atoms with E-state index in [0.29, 0.717) is 18.2 Å². The maximum absolute atomic E-state index is 8.91. The van der Waals surface area contributed by atoms with Crippen LogP contribution in [0.1, 0.15) is 11.1 Å². The summed E-state index contributed by atoms with van der Waals surface area (Å²) in [6.45, 7) is 2.20. The van der Waals surface area contributed by atoms with Gasteiger partial charge in [-0.2, -0.15) is 0 Å². The minimum Gasteiger partial charge on any atom is -0.424 e. The van der Waals surface area contributed by atoms with Crippen molar-refractivity contribution in [2.75, 3.05) is 6.61 Å². The van der Waals surface area contributed by atoms with Crippen LogP contribution in [0, 0.1) is 6.92 Å². The number of aliphatic hydroxyl groups is 1. The van der Waals surface area contributed by atoms with Crippen LogP contribution in [0.5, 0.6) is 11.8 Å². The molecule has 1 aromatic heterocycles. The Bertz CT molecular complexity index is 751. The van der Waals surface area contributed by atoms with Crippen molar-refractivity contribution in [3.63, 3.8) is 0 Å². The normalized spacial score (nSPS) is 10.5. The zero-order valence-corrected chi connectivity index (χ0v) is 12.9. The Balaban J connectivity index is 1.70. The molecule has 1 heterocycles. The Morgan fingerprint density at radius 3 is 2.13 bits per heavy atom. The van der Waals surface area contributed by atoms with E-state index in [1.807, 2.05) is 24.3 Å². The molecule has 3 aromatic rings. The summed E-state index contributed by atoms with van der Waals surface area (Å²) in [6, 6.07) is 16.1. The van der Waals surface area contributed by atoms with Crippen LogP contribution in [-0.2, 0) is 6.42 Å². The fourth-order valence-corrected chi connectivity index (χ4v) is 2.22. The number of aliphatic hydroxyl groups excluding tert-OH is 1. The van der Waals surface area contributed by atoms with Gasteiger partial charge in [0, 0.05) is 24.6 Å². The maximum atomic E-state index is 8.91. The van der Waals surface area contributed by atoms with Crippen molar-refractivity contribution >= 4 is 0 Å². The van der Waals surface area contributed by atoms with E-state index in [4.69, 9.17) is 9.84 Å². The van der Waals surface area contributed by atoms with Crippen LogP contribution in [0.3, 0.4) is 0 Å². The molecule has 1 N–H and O–H groups in total. The highest BCUT2D eigenvalue weighted by atomic mass is 16.5. The van der Waals surface area contributed by atoms with Gasteiger partial charge in [-0.1, -0.05) is 42.0 Å². The first-order valence-corrected chi connectivity index (χ1v) is 7.51. The second-order valence-electron chi connectivity index (χ2n) is 5.34. The van der Waals surface area contributed by atoms with Crippen LogP contribution in [0.2, 0.25) is 0 Å². The van der Waals surface area contributed by atoms with Gasteiger partial charge in [0.05, 0.1) is 0 Å². The molecule has 4 nitrogen and oxygen atoms in total. The summed E-state index contributed by atoms with van der Waals surface area (Å²) in [5.74, 6) is 0.676. The van der Waals surface area contributed by atoms with Crippen molar-refractivity contribution in [2.45, 2.75) is 13.3 Å². The summed E-state index contributed by atoms with van der Waals surface area (Å²) in [5, 5.41) is 8.91. The number of rotatable bonds is 5. The first-order valence-electron chi connectivity index (χ1n) is 7.51. The molecule has 23 heavy (non-hydrogen) atoms. The topological polar surface area (TPSA) is 55.2 Å². The van der Waals surface area contributed by atoms with E-state index in [1.165, 1.54) is 5.56 Å². The van der Waals surface area contributed by atoms with Crippen molar-refractivity contribution in [1.82, 2.24) is 9.97 Å². The third-order valence-electron chi connectivity index (χ3n) is 3.55. The molecule has 0 aliphatic carbocycles. The molecule has 0 fully saturated rings. The van der Waals surface area contributed by atoms with E-state index in [0.717, 1.165) is 16.7 Å². The fourth-order valence-electron chi connectivity index (χ4n) is 2.22. The fraction of sp³-hybridized carbons (Fsp3) is 0.158. The number of nitrogens with zero attached hydrogens (tertiary/aromatic N) is 2. The number of hydrogen-bond acceptors (Lipinski definition) is 4. The highest BCUT2D eigenvalue weighted by Crippen LogP contribution is 2.22. The van der Waals surface area contributed by atoms with Gasteiger partial charge in [0.25, 0.3) is 0 Å². The zero-order chi connectivity index (χ0) is 16.1. The standard InChI is InChI=1S/C19H18N2O2/c1-14-2-6-16(7-3-14)17-12-20-19(21-13-17)23-18-8-4-15(5-9-18)10-11-22/h2-9,12-13,22H,10-11H2,1H3.